The van der Waals surface area contributed by atoms with Crippen molar-refractivity contribution in [3.8, 4) is 17.6 Å². The van der Waals surface area contributed by atoms with Crippen LogP contribution in [0.3, 0.4) is 0 Å². The molecule has 0 bridgehead atoms. The smallest absolute Gasteiger partial charge is 0.310 e. The van der Waals surface area contributed by atoms with E-state index in [9.17, 15) is 4.79 Å². The van der Waals surface area contributed by atoms with Gasteiger partial charge in [0.1, 0.15) is 6.61 Å². The van der Waals surface area contributed by atoms with Gasteiger partial charge in [-0.15, -0.1) is 0 Å². The van der Waals surface area contributed by atoms with Crippen molar-refractivity contribution in [2.45, 2.75) is 13.0 Å². The van der Waals surface area contributed by atoms with Crippen LogP contribution in [-0.2, 0) is 22.6 Å². The highest BCUT2D eigenvalue weighted by Crippen LogP contribution is 2.27. The van der Waals surface area contributed by atoms with Crippen LogP contribution in [0, 0.1) is 11.3 Å². The molecule has 0 N–H and O–H groups in total. The van der Waals surface area contributed by atoms with E-state index < -0.39 is 0 Å². The van der Waals surface area contributed by atoms with Gasteiger partial charge in [-0.3, -0.25) is 4.79 Å². The quantitative estimate of drug-likeness (QED) is 0.767. The highest BCUT2D eigenvalue weighted by molar-refractivity contribution is 5.73. The van der Waals surface area contributed by atoms with Gasteiger partial charge in [-0.1, -0.05) is 24.3 Å². The number of carbonyl (C=O) groups is 1. The number of hydrogen-bond donors (Lipinski definition) is 0. The van der Waals surface area contributed by atoms with Crippen LogP contribution in [-0.4, -0.2) is 20.2 Å². The third kappa shape index (κ3) is 4.24. The second kappa shape index (κ2) is 7.85. The number of nitriles is 1. The Morgan fingerprint density at radius 1 is 1.09 bits per heavy atom. The minimum atomic E-state index is -0.370. The fourth-order valence-electron chi connectivity index (χ4n) is 2.12. The van der Waals surface area contributed by atoms with Gasteiger partial charge in [0.25, 0.3) is 0 Å². The summed E-state index contributed by atoms with van der Waals surface area (Å²) in [6.45, 7) is 0.0792. The number of benzene rings is 2. The van der Waals surface area contributed by atoms with Crippen LogP contribution in [0.2, 0.25) is 0 Å². The molecular formula is C18H17NO4. The maximum Gasteiger partial charge on any atom is 0.310 e. The van der Waals surface area contributed by atoms with Gasteiger partial charge in [-0.05, 0) is 23.8 Å². The van der Waals surface area contributed by atoms with E-state index in [1.54, 1.807) is 56.7 Å². The van der Waals surface area contributed by atoms with Crippen molar-refractivity contribution in [3.05, 3.63) is 59.2 Å². The monoisotopic (exact) mass is 311 g/mol. The predicted molar refractivity (Wildman–Crippen MR) is 84.2 cm³/mol. The molecule has 0 radical (unpaired) electrons. The zero-order valence-electron chi connectivity index (χ0n) is 13.0. The molecule has 118 valence electrons. The molecule has 2 aromatic rings. The maximum absolute atomic E-state index is 12.0. The average Bonchev–Trinajstić information content (AvgIpc) is 2.60. The molecule has 0 aromatic heterocycles. The van der Waals surface area contributed by atoms with E-state index in [1.165, 1.54) is 0 Å². The predicted octanol–water partition coefficient (Wildman–Crippen LogP) is 2.86. The molecule has 0 spiro atoms. The Balaban J connectivity index is 1.99. The number of ether oxygens (including phenoxy) is 3. The van der Waals surface area contributed by atoms with E-state index in [0.717, 1.165) is 5.56 Å². The van der Waals surface area contributed by atoms with E-state index >= 15 is 0 Å². The van der Waals surface area contributed by atoms with Gasteiger partial charge in [0.2, 0.25) is 0 Å². The number of nitrogens with zero attached hydrogens (tertiary/aromatic N) is 1. The van der Waals surface area contributed by atoms with Gasteiger partial charge < -0.3 is 14.2 Å². The fourth-order valence-corrected chi connectivity index (χ4v) is 2.12. The molecule has 0 fully saturated rings. The summed E-state index contributed by atoms with van der Waals surface area (Å²) >= 11 is 0. The molecule has 0 saturated heterocycles. The van der Waals surface area contributed by atoms with E-state index in [-0.39, 0.29) is 19.0 Å². The first-order chi connectivity index (χ1) is 11.2. The lowest BCUT2D eigenvalue weighted by Gasteiger charge is -2.10. The molecule has 0 saturated carbocycles. The molecule has 2 aromatic carbocycles. The van der Waals surface area contributed by atoms with Crippen LogP contribution in [0.4, 0.5) is 0 Å². The largest absolute Gasteiger partial charge is 0.493 e. The third-order valence-electron chi connectivity index (χ3n) is 3.32. The second-order valence-corrected chi connectivity index (χ2v) is 4.80. The Labute approximate surface area is 135 Å². The summed E-state index contributed by atoms with van der Waals surface area (Å²) in [7, 11) is 3.09. The first-order valence-corrected chi connectivity index (χ1v) is 7.02. The van der Waals surface area contributed by atoms with Crippen molar-refractivity contribution in [1.82, 2.24) is 0 Å². The van der Waals surface area contributed by atoms with Gasteiger partial charge in [-0.25, -0.2) is 0 Å². The van der Waals surface area contributed by atoms with Crippen molar-refractivity contribution >= 4 is 5.97 Å². The molecule has 0 aliphatic rings. The topological polar surface area (TPSA) is 68.5 Å². The van der Waals surface area contributed by atoms with Crippen molar-refractivity contribution < 1.29 is 19.0 Å². The summed E-state index contributed by atoms with van der Waals surface area (Å²) in [5.41, 5.74) is 1.96. The van der Waals surface area contributed by atoms with E-state index in [4.69, 9.17) is 19.5 Å². The summed E-state index contributed by atoms with van der Waals surface area (Å²) in [6.07, 6.45) is 0.120. The Morgan fingerprint density at radius 2 is 1.83 bits per heavy atom. The summed E-state index contributed by atoms with van der Waals surface area (Å²) in [4.78, 5) is 12.0. The molecule has 0 aliphatic carbocycles. The van der Waals surface area contributed by atoms with Crippen molar-refractivity contribution in [3.63, 3.8) is 0 Å². The van der Waals surface area contributed by atoms with E-state index in [1.807, 2.05) is 0 Å². The van der Waals surface area contributed by atoms with Gasteiger partial charge in [0.05, 0.1) is 32.3 Å². The Kier molecular flexibility index (Phi) is 5.59. The lowest BCUT2D eigenvalue weighted by atomic mass is 10.1. The van der Waals surface area contributed by atoms with Crippen LogP contribution >= 0.6 is 0 Å². The summed E-state index contributed by atoms with van der Waals surface area (Å²) in [6, 6.07) is 14.4. The van der Waals surface area contributed by atoms with E-state index in [2.05, 4.69) is 6.07 Å². The molecule has 2 rings (SSSR count). The van der Waals surface area contributed by atoms with Gasteiger partial charge in [0, 0.05) is 5.56 Å². The Hall–Kier alpha value is -3.00. The van der Waals surface area contributed by atoms with Gasteiger partial charge >= 0.3 is 5.97 Å². The summed E-state index contributed by atoms with van der Waals surface area (Å²) in [5, 5.41) is 9.01. The molecule has 5 heteroatoms. The highest BCUT2D eigenvalue weighted by atomic mass is 16.5. The molecule has 0 aliphatic heterocycles. The van der Waals surface area contributed by atoms with Crippen molar-refractivity contribution in [2.75, 3.05) is 14.2 Å². The van der Waals surface area contributed by atoms with Gasteiger partial charge in [-0.2, -0.15) is 5.26 Å². The fraction of sp³-hybridized carbons (Fsp3) is 0.222. The second-order valence-electron chi connectivity index (χ2n) is 4.80. The number of carbonyl (C=O) groups excluding carboxylic acids is 1. The zero-order valence-corrected chi connectivity index (χ0v) is 13.0. The summed E-state index contributed by atoms with van der Waals surface area (Å²) < 4.78 is 15.6. The number of hydrogen-bond acceptors (Lipinski definition) is 5. The molecule has 0 atom stereocenters. The normalized spacial score (nSPS) is 9.78. The molecule has 0 unspecified atom stereocenters. The molecule has 0 heterocycles. The Morgan fingerprint density at radius 3 is 2.52 bits per heavy atom. The first-order valence-electron chi connectivity index (χ1n) is 7.02. The molecular weight excluding hydrogens is 294 g/mol. The number of methoxy groups -OCH3 is 2. The summed E-state index contributed by atoms with van der Waals surface area (Å²) in [5.74, 6) is 0.796. The van der Waals surface area contributed by atoms with Gasteiger partial charge in [0.15, 0.2) is 11.5 Å². The standard InChI is InChI=1S/C18H17NO4/c1-21-16-8-7-13(9-17(16)22-2)10-18(20)23-12-15-6-4-3-5-14(15)11-19/h3-9H,10,12H2,1-2H3. The first kappa shape index (κ1) is 16.4. The zero-order chi connectivity index (χ0) is 16.7. The SMILES string of the molecule is COc1ccc(CC(=O)OCc2ccccc2C#N)cc1OC. The van der Waals surface area contributed by atoms with Crippen molar-refractivity contribution in [2.24, 2.45) is 0 Å². The van der Waals surface area contributed by atoms with Crippen LogP contribution in [0.25, 0.3) is 0 Å². The minimum Gasteiger partial charge on any atom is -0.493 e. The van der Waals surface area contributed by atoms with Crippen LogP contribution < -0.4 is 9.47 Å². The lowest BCUT2D eigenvalue weighted by molar-refractivity contribution is -0.144. The third-order valence-corrected chi connectivity index (χ3v) is 3.32. The Bertz CT molecular complexity index is 734. The molecule has 23 heavy (non-hydrogen) atoms. The van der Waals surface area contributed by atoms with E-state index in [0.29, 0.717) is 22.6 Å². The van der Waals surface area contributed by atoms with Crippen LogP contribution in [0.15, 0.2) is 42.5 Å². The number of esters is 1. The molecule has 5 nitrogen and oxygen atoms in total. The number of rotatable bonds is 6. The lowest BCUT2D eigenvalue weighted by Crippen LogP contribution is -2.09. The minimum absolute atomic E-state index is 0.0792. The maximum atomic E-state index is 12.0. The van der Waals surface area contributed by atoms with Crippen LogP contribution in [0.5, 0.6) is 11.5 Å². The van der Waals surface area contributed by atoms with Crippen LogP contribution in [0.1, 0.15) is 16.7 Å². The average molecular weight is 311 g/mol. The van der Waals surface area contributed by atoms with Crippen molar-refractivity contribution in [1.29, 1.82) is 5.26 Å². The molecule has 0 amide bonds. The highest BCUT2D eigenvalue weighted by Gasteiger charge is 2.10.